The minimum absolute atomic E-state index is 0. The molecule has 0 atom stereocenters. The molecule has 0 aliphatic carbocycles. The molecule has 1 fully saturated rings. The maximum absolute atomic E-state index is 5.85. The average Bonchev–Trinajstić information content (AvgIpc) is 2.50. The zero-order valence-electron chi connectivity index (χ0n) is 13.8. The molecule has 0 unspecified atom stereocenters. The first-order chi connectivity index (χ1) is 10.3. The standard InChI is InChI=1S/C17H28N2O2.ClH/c1-3-4-13-20-16-6-5-7-17(15-16)21-14-12-19-10-8-18(2)9-11-19;/h5-7,15H,3-4,8-14H2,1-2H3;1H. The molecule has 0 radical (unpaired) electrons. The SMILES string of the molecule is CCCCOc1cccc(OCCN2CCN(C)CC2)c1.Cl. The second-order valence-corrected chi connectivity index (χ2v) is 5.67. The predicted octanol–water partition coefficient (Wildman–Crippen LogP) is 2.91. The van der Waals surface area contributed by atoms with Gasteiger partial charge in [0.25, 0.3) is 0 Å². The topological polar surface area (TPSA) is 24.9 Å². The summed E-state index contributed by atoms with van der Waals surface area (Å²) in [6.45, 7) is 9.26. The van der Waals surface area contributed by atoms with Crippen molar-refractivity contribution in [2.45, 2.75) is 19.8 Å². The van der Waals surface area contributed by atoms with Crippen LogP contribution in [0.15, 0.2) is 24.3 Å². The Hall–Kier alpha value is -0.970. The van der Waals surface area contributed by atoms with Gasteiger partial charge in [0.2, 0.25) is 0 Å². The summed E-state index contributed by atoms with van der Waals surface area (Å²) >= 11 is 0. The fourth-order valence-electron chi connectivity index (χ4n) is 2.35. The molecule has 1 aromatic carbocycles. The van der Waals surface area contributed by atoms with Crippen LogP contribution in [0.4, 0.5) is 0 Å². The summed E-state index contributed by atoms with van der Waals surface area (Å²) < 4.78 is 11.5. The van der Waals surface area contributed by atoms with Crippen LogP contribution in [-0.4, -0.2) is 62.8 Å². The van der Waals surface area contributed by atoms with Crippen LogP contribution in [0.3, 0.4) is 0 Å². The van der Waals surface area contributed by atoms with E-state index >= 15 is 0 Å². The number of hydrogen-bond donors (Lipinski definition) is 0. The van der Waals surface area contributed by atoms with Gasteiger partial charge in [-0.15, -0.1) is 12.4 Å². The highest BCUT2D eigenvalue weighted by atomic mass is 35.5. The van der Waals surface area contributed by atoms with E-state index in [2.05, 4.69) is 23.8 Å². The van der Waals surface area contributed by atoms with Gasteiger partial charge >= 0.3 is 0 Å². The molecule has 0 spiro atoms. The van der Waals surface area contributed by atoms with E-state index in [4.69, 9.17) is 9.47 Å². The third kappa shape index (κ3) is 6.86. The van der Waals surface area contributed by atoms with Gasteiger partial charge in [-0.25, -0.2) is 0 Å². The Morgan fingerprint density at radius 3 is 2.27 bits per heavy atom. The van der Waals surface area contributed by atoms with Crippen molar-refractivity contribution in [1.82, 2.24) is 9.80 Å². The summed E-state index contributed by atoms with van der Waals surface area (Å²) in [5, 5.41) is 0. The minimum Gasteiger partial charge on any atom is -0.493 e. The Labute approximate surface area is 140 Å². The van der Waals surface area contributed by atoms with Crippen LogP contribution < -0.4 is 9.47 Å². The maximum atomic E-state index is 5.85. The number of likely N-dealkylation sites (N-methyl/N-ethyl adjacent to an activating group) is 1. The van der Waals surface area contributed by atoms with Crippen molar-refractivity contribution in [3.05, 3.63) is 24.3 Å². The third-order valence-corrected chi connectivity index (χ3v) is 3.84. The summed E-state index contributed by atoms with van der Waals surface area (Å²) in [7, 11) is 2.18. The number of piperazine rings is 1. The quantitative estimate of drug-likeness (QED) is 0.685. The van der Waals surface area contributed by atoms with Gasteiger partial charge in [0.05, 0.1) is 6.61 Å². The molecular weight excluding hydrogens is 300 g/mol. The summed E-state index contributed by atoms with van der Waals surface area (Å²) in [6, 6.07) is 7.96. The molecule has 0 saturated carbocycles. The van der Waals surface area contributed by atoms with Gasteiger partial charge in [-0.3, -0.25) is 4.90 Å². The lowest BCUT2D eigenvalue weighted by Crippen LogP contribution is -2.45. The van der Waals surface area contributed by atoms with Crippen molar-refractivity contribution in [1.29, 1.82) is 0 Å². The molecule has 1 aliphatic rings. The van der Waals surface area contributed by atoms with Crippen LogP contribution in [0, 0.1) is 0 Å². The van der Waals surface area contributed by atoms with E-state index in [1.165, 1.54) is 0 Å². The van der Waals surface area contributed by atoms with Crippen LogP contribution >= 0.6 is 12.4 Å². The van der Waals surface area contributed by atoms with Crippen molar-refractivity contribution < 1.29 is 9.47 Å². The smallest absolute Gasteiger partial charge is 0.123 e. The van der Waals surface area contributed by atoms with Gasteiger partial charge in [0.1, 0.15) is 18.1 Å². The van der Waals surface area contributed by atoms with Crippen molar-refractivity contribution in [2.24, 2.45) is 0 Å². The zero-order chi connectivity index (χ0) is 14.9. The molecule has 126 valence electrons. The second kappa shape index (κ2) is 10.7. The van der Waals surface area contributed by atoms with Crippen LogP contribution in [0.2, 0.25) is 0 Å². The largest absolute Gasteiger partial charge is 0.493 e. The Morgan fingerprint density at radius 2 is 1.64 bits per heavy atom. The number of unbranched alkanes of at least 4 members (excludes halogenated alkanes) is 1. The van der Waals surface area contributed by atoms with E-state index in [9.17, 15) is 0 Å². The highest BCUT2D eigenvalue weighted by Gasteiger charge is 2.13. The predicted molar refractivity (Wildman–Crippen MR) is 93.5 cm³/mol. The number of benzene rings is 1. The van der Waals surface area contributed by atoms with Crippen molar-refractivity contribution in [3.63, 3.8) is 0 Å². The molecule has 2 rings (SSSR count). The van der Waals surface area contributed by atoms with Gasteiger partial charge in [0.15, 0.2) is 0 Å². The third-order valence-electron chi connectivity index (χ3n) is 3.84. The van der Waals surface area contributed by atoms with E-state index in [0.717, 1.165) is 70.3 Å². The number of nitrogens with zero attached hydrogens (tertiary/aromatic N) is 2. The molecule has 0 bridgehead atoms. The molecule has 4 nitrogen and oxygen atoms in total. The summed E-state index contributed by atoms with van der Waals surface area (Å²) in [5.41, 5.74) is 0. The van der Waals surface area contributed by atoms with Gasteiger partial charge in [-0.2, -0.15) is 0 Å². The number of ether oxygens (including phenoxy) is 2. The van der Waals surface area contributed by atoms with E-state index in [0.29, 0.717) is 0 Å². The molecule has 1 aromatic rings. The Morgan fingerprint density at radius 1 is 1.00 bits per heavy atom. The van der Waals surface area contributed by atoms with Gasteiger partial charge < -0.3 is 14.4 Å². The maximum Gasteiger partial charge on any atom is 0.123 e. The van der Waals surface area contributed by atoms with Crippen LogP contribution in [-0.2, 0) is 0 Å². The fourth-order valence-corrected chi connectivity index (χ4v) is 2.35. The molecule has 1 heterocycles. The lowest BCUT2D eigenvalue weighted by Gasteiger charge is -2.32. The number of hydrogen-bond acceptors (Lipinski definition) is 4. The van der Waals surface area contributed by atoms with E-state index in [-0.39, 0.29) is 12.4 Å². The second-order valence-electron chi connectivity index (χ2n) is 5.67. The fraction of sp³-hybridized carbons (Fsp3) is 0.647. The average molecular weight is 329 g/mol. The highest BCUT2D eigenvalue weighted by molar-refractivity contribution is 5.85. The van der Waals surface area contributed by atoms with E-state index < -0.39 is 0 Å². The molecule has 5 heteroatoms. The van der Waals surface area contributed by atoms with Crippen molar-refractivity contribution >= 4 is 12.4 Å². The summed E-state index contributed by atoms with van der Waals surface area (Å²) in [4.78, 5) is 4.83. The summed E-state index contributed by atoms with van der Waals surface area (Å²) in [5.74, 6) is 1.80. The molecule has 1 saturated heterocycles. The van der Waals surface area contributed by atoms with E-state index in [1.807, 2.05) is 24.3 Å². The van der Waals surface area contributed by atoms with E-state index in [1.54, 1.807) is 0 Å². The molecule has 0 amide bonds. The Balaban J connectivity index is 0.00000242. The van der Waals surface area contributed by atoms with Gasteiger partial charge in [-0.05, 0) is 25.6 Å². The highest BCUT2D eigenvalue weighted by Crippen LogP contribution is 2.19. The number of rotatable bonds is 8. The molecular formula is C17H29ClN2O2. The Kier molecular flexibility index (Phi) is 9.28. The summed E-state index contributed by atoms with van der Waals surface area (Å²) in [6.07, 6.45) is 2.25. The normalized spacial score (nSPS) is 16.1. The van der Waals surface area contributed by atoms with Crippen LogP contribution in [0.1, 0.15) is 19.8 Å². The van der Waals surface area contributed by atoms with Gasteiger partial charge in [0, 0.05) is 38.8 Å². The molecule has 22 heavy (non-hydrogen) atoms. The van der Waals surface area contributed by atoms with Gasteiger partial charge in [-0.1, -0.05) is 19.4 Å². The monoisotopic (exact) mass is 328 g/mol. The minimum atomic E-state index is 0. The zero-order valence-corrected chi connectivity index (χ0v) is 14.6. The van der Waals surface area contributed by atoms with Crippen molar-refractivity contribution in [2.75, 3.05) is 53.0 Å². The lowest BCUT2D eigenvalue weighted by molar-refractivity contribution is 0.133. The first-order valence-corrected chi connectivity index (χ1v) is 8.04. The Bertz CT molecular complexity index is 409. The number of halogens is 1. The molecule has 1 aliphatic heterocycles. The first-order valence-electron chi connectivity index (χ1n) is 8.04. The van der Waals surface area contributed by atoms with Crippen LogP contribution in [0.25, 0.3) is 0 Å². The lowest BCUT2D eigenvalue weighted by atomic mass is 10.3. The van der Waals surface area contributed by atoms with Crippen molar-refractivity contribution in [3.8, 4) is 11.5 Å². The molecule has 0 N–H and O–H groups in total. The van der Waals surface area contributed by atoms with Crippen LogP contribution in [0.5, 0.6) is 11.5 Å². The molecule has 0 aromatic heterocycles. The first kappa shape index (κ1) is 19.1.